The van der Waals surface area contributed by atoms with Crippen molar-refractivity contribution in [2.75, 3.05) is 6.61 Å². The first kappa shape index (κ1) is 15.0. The van der Waals surface area contributed by atoms with Crippen LogP contribution in [0.5, 0.6) is 0 Å². The summed E-state index contributed by atoms with van der Waals surface area (Å²) in [5.41, 5.74) is 3.07. The molecule has 3 atom stereocenters. The molecule has 9 nitrogen and oxygen atoms in total. The quantitative estimate of drug-likeness (QED) is 0.562. The molecule has 1 aromatic heterocycles. The van der Waals surface area contributed by atoms with Crippen LogP contribution in [0, 0.1) is 0 Å². The number of aromatic amines is 1. The monoisotopic (exact) mass is 297 g/mol. The number of hydrogen-bond donors (Lipinski definition) is 3. The molecule has 0 bridgehead atoms. The minimum Gasteiger partial charge on any atom is -0.499 e. The minimum atomic E-state index is -0.963. The van der Waals surface area contributed by atoms with Gasteiger partial charge in [0.15, 0.2) is 0 Å². The van der Waals surface area contributed by atoms with Crippen LogP contribution in [0.25, 0.3) is 0 Å². The summed E-state index contributed by atoms with van der Waals surface area (Å²) in [6.45, 7) is 3.44. The first-order valence-corrected chi connectivity index (χ1v) is 6.15. The standard InChI is InChI=1S/C12H15N3O6/c1-2-20-5-8-7(16)3-9(21-8)15-4-6(10(13)17)11(18)14-12(15)19/h2,4,7-9,16H,1,3,5H2,(H2,13,17)(H,14,18,19)/t7-,8+,9?/m0/s1. The van der Waals surface area contributed by atoms with Crippen molar-refractivity contribution in [3.8, 4) is 0 Å². The van der Waals surface area contributed by atoms with E-state index in [9.17, 15) is 19.5 Å². The van der Waals surface area contributed by atoms with E-state index >= 15 is 0 Å². The number of nitrogens with one attached hydrogen (secondary N) is 1. The second-order valence-corrected chi connectivity index (χ2v) is 4.51. The smallest absolute Gasteiger partial charge is 0.330 e. The Hall–Kier alpha value is -2.39. The number of nitrogens with zero attached hydrogens (tertiary/aromatic N) is 1. The summed E-state index contributed by atoms with van der Waals surface area (Å²) in [5.74, 6) is -0.963. The van der Waals surface area contributed by atoms with Crippen molar-refractivity contribution in [3.63, 3.8) is 0 Å². The van der Waals surface area contributed by atoms with Crippen LogP contribution in [0.3, 0.4) is 0 Å². The summed E-state index contributed by atoms with van der Waals surface area (Å²) in [5, 5.41) is 9.85. The molecule has 1 fully saturated rings. The number of primary amides is 1. The topological polar surface area (TPSA) is 137 Å². The minimum absolute atomic E-state index is 0.0714. The molecule has 1 aliphatic heterocycles. The lowest BCUT2D eigenvalue weighted by Crippen LogP contribution is -2.37. The van der Waals surface area contributed by atoms with E-state index in [-0.39, 0.29) is 18.6 Å². The van der Waals surface area contributed by atoms with E-state index in [1.165, 1.54) is 6.26 Å². The molecule has 4 N–H and O–H groups in total. The lowest BCUT2D eigenvalue weighted by atomic mass is 10.2. The van der Waals surface area contributed by atoms with Crippen molar-refractivity contribution in [2.24, 2.45) is 5.73 Å². The van der Waals surface area contributed by atoms with Crippen LogP contribution < -0.4 is 17.0 Å². The fourth-order valence-corrected chi connectivity index (χ4v) is 2.07. The van der Waals surface area contributed by atoms with Gasteiger partial charge in [0.1, 0.15) is 24.5 Å². The van der Waals surface area contributed by atoms with E-state index < -0.39 is 35.6 Å². The predicted molar refractivity (Wildman–Crippen MR) is 70.5 cm³/mol. The first-order valence-electron chi connectivity index (χ1n) is 6.15. The SMILES string of the molecule is C=COC[C@H]1OC(n2cc(C(N)=O)c(=O)[nH]c2=O)C[C@@H]1O. The maximum absolute atomic E-state index is 11.8. The highest BCUT2D eigenvalue weighted by atomic mass is 16.6. The zero-order valence-corrected chi connectivity index (χ0v) is 11.0. The number of aliphatic hydroxyl groups excluding tert-OH is 1. The molecule has 1 saturated heterocycles. The van der Waals surface area contributed by atoms with E-state index in [0.29, 0.717) is 0 Å². The maximum Gasteiger partial charge on any atom is 0.330 e. The van der Waals surface area contributed by atoms with Gasteiger partial charge in [0.25, 0.3) is 11.5 Å². The summed E-state index contributed by atoms with van der Waals surface area (Å²) in [6.07, 6.45) is 0.00352. The molecule has 1 unspecified atom stereocenters. The van der Waals surface area contributed by atoms with Gasteiger partial charge in [-0.2, -0.15) is 0 Å². The van der Waals surface area contributed by atoms with Gasteiger partial charge < -0.3 is 20.3 Å². The van der Waals surface area contributed by atoms with Crippen molar-refractivity contribution in [1.29, 1.82) is 0 Å². The van der Waals surface area contributed by atoms with Crippen LogP contribution in [0.4, 0.5) is 0 Å². The molecule has 1 aliphatic rings. The Morgan fingerprint density at radius 3 is 3.00 bits per heavy atom. The highest BCUT2D eigenvalue weighted by Crippen LogP contribution is 2.27. The Morgan fingerprint density at radius 1 is 1.67 bits per heavy atom. The van der Waals surface area contributed by atoms with Crippen LogP contribution in [0.1, 0.15) is 23.0 Å². The zero-order chi connectivity index (χ0) is 15.6. The van der Waals surface area contributed by atoms with E-state index in [1.54, 1.807) is 0 Å². The second-order valence-electron chi connectivity index (χ2n) is 4.51. The molecular weight excluding hydrogens is 282 g/mol. The van der Waals surface area contributed by atoms with Crippen LogP contribution in [-0.4, -0.2) is 39.4 Å². The summed E-state index contributed by atoms with van der Waals surface area (Å²) in [7, 11) is 0. The van der Waals surface area contributed by atoms with Gasteiger partial charge in [-0.3, -0.25) is 19.1 Å². The van der Waals surface area contributed by atoms with E-state index in [0.717, 1.165) is 10.8 Å². The molecule has 9 heteroatoms. The number of hydrogen-bond acceptors (Lipinski definition) is 6. The Morgan fingerprint density at radius 2 is 2.38 bits per heavy atom. The van der Waals surface area contributed by atoms with E-state index in [2.05, 4.69) is 6.58 Å². The van der Waals surface area contributed by atoms with Crippen LogP contribution in [-0.2, 0) is 9.47 Å². The third-order valence-corrected chi connectivity index (χ3v) is 3.13. The van der Waals surface area contributed by atoms with Gasteiger partial charge in [0.2, 0.25) is 0 Å². The van der Waals surface area contributed by atoms with Gasteiger partial charge in [-0.15, -0.1) is 0 Å². The Kier molecular flexibility index (Phi) is 4.24. The largest absolute Gasteiger partial charge is 0.499 e. The van der Waals surface area contributed by atoms with Crippen LogP contribution in [0.15, 0.2) is 28.6 Å². The molecule has 21 heavy (non-hydrogen) atoms. The number of H-pyrrole nitrogens is 1. The summed E-state index contributed by atoms with van der Waals surface area (Å²) < 4.78 is 11.4. The molecule has 0 saturated carbocycles. The molecule has 2 heterocycles. The summed E-state index contributed by atoms with van der Waals surface area (Å²) in [4.78, 5) is 36.3. The van der Waals surface area contributed by atoms with E-state index in [4.69, 9.17) is 15.2 Å². The van der Waals surface area contributed by atoms with Crippen molar-refractivity contribution in [3.05, 3.63) is 45.4 Å². The van der Waals surface area contributed by atoms with Gasteiger partial charge in [0, 0.05) is 12.6 Å². The Labute approximate surface area is 118 Å². The lowest BCUT2D eigenvalue weighted by Gasteiger charge is -2.15. The van der Waals surface area contributed by atoms with Crippen molar-refractivity contribution in [1.82, 2.24) is 9.55 Å². The first-order chi connectivity index (χ1) is 9.93. The molecule has 0 aromatic carbocycles. The number of ether oxygens (including phenoxy) is 2. The molecule has 2 rings (SSSR count). The summed E-state index contributed by atoms with van der Waals surface area (Å²) in [6, 6.07) is 0. The third kappa shape index (κ3) is 3.03. The van der Waals surface area contributed by atoms with Crippen LogP contribution in [0.2, 0.25) is 0 Å². The number of aliphatic hydroxyl groups is 1. The van der Waals surface area contributed by atoms with Gasteiger partial charge in [-0.1, -0.05) is 6.58 Å². The van der Waals surface area contributed by atoms with Crippen molar-refractivity contribution < 1.29 is 19.4 Å². The Balaban J connectivity index is 2.29. The molecule has 1 amide bonds. The van der Waals surface area contributed by atoms with Crippen LogP contribution >= 0.6 is 0 Å². The molecule has 0 radical (unpaired) electrons. The van der Waals surface area contributed by atoms with Crippen molar-refractivity contribution in [2.45, 2.75) is 24.9 Å². The van der Waals surface area contributed by atoms with Gasteiger partial charge in [-0.25, -0.2) is 4.79 Å². The fourth-order valence-electron chi connectivity index (χ4n) is 2.07. The van der Waals surface area contributed by atoms with Gasteiger partial charge in [0.05, 0.1) is 12.4 Å². The highest BCUT2D eigenvalue weighted by molar-refractivity contribution is 5.91. The molecule has 0 aliphatic carbocycles. The number of nitrogens with two attached hydrogens (primary N) is 1. The Bertz CT molecular complexity index is 664. The number of aromatic nitrogens is 2. The normalized spacial score (nSPS) is 24.7. The molecule has 1 aromatic rings. The van der Waals surface area contributed by atoms with Gasteiger partial charge in [-0.05, 0) is 0 Å². The van der Waals surface area contributed by atoms with Crippen molar-refractivity contribution >= 4 is 5.91 Å². The highest BCUT2D eigenvalue weighted by Gasteiger charge is 2.36. The average molecular weight is 297 g/mol. The number of amides is 1. The third-order valence-electron chi connectivity index (χ3n) is 3.13. The molecule has 0 spiro atoms. The number of carbonyl (C=O) groups is 1. The molecule has 114 valence electrons. The second kappa shape index (κ2) is 5.94. The van der Waals surface area contributed by atoms with Gasteiger partial charge >= 0.3 is 5.69 Å². The van der Waals surface area contributed by atoms with E-state index in [1.807, 2.05) is 4.98 Å². The fraction of sp³-hybridized carbons (Fsp3) is 0.417. The molecular formula is C12H15N3O6. The lowest BCUT2D eigenvalue weighted by molar-refractivity contribution is -0.0484. The predicted octanol–water partition coefficient (Wildman–Crippen LogP) is -1.56. The number of rotatable bonds is 5. The number of carbonyl (C=O) groups excluding carboxylic acids is 1. The average Bonchev–Trinajstić information content (AvgIpc) is 2.77. The summed E-state index contributed by atoms with van der Waals surface area (Å²) >= 11 is 0. The zero-order valence-electron chi connectivity index (χ0n) is 11.0. The maximum atomic E-state index is 11.8.